The van der Waals surface area contributed by atoms with Crippen LogP contribution in [0, 0.1) is 5.92 Å². The van der Waals surface area contributed by atoms with Crippen LogP contribution in [0.3, 0.4) is 0 Å². The zero-order valence-corrected chi connectivity index (χ0v) is 11.0. The lowest BCUT2D eigenvalue weighted by Crippen LogP contribution is -2.47. The summed E-state index contributed by atoms with van der Waals surface area (Å²) in [5.74, 6) is 0.981. The van der Waals surface area contributed by atoms with Gasteiger partial charge in [0, 0.05) is 18.6 Å². The summed E-state index contributed by atoms with van der Waals surface area (Å²) in [7, 11) is 2.14. The molecule has 1 saturated carbocycles. The van der Waals surface area contributed by atoms with Crippen molar-refractivity contribution in [3.05, 3.63) is 0 Å². The summed E-state index contributed by atoms with van der Waals surface area (Å²) in [5, 5.41) is 3.53. The standard InChI is InChI=1S/C14H28N2/c1-3-6-13-7-4-5-10-16(13)11-14(15-2)12-8-9-12/h12-15H,3-11H2,1-2H3. The predicted molar refractivity (Wildman–Crippen MR) is 69.7 cm³/mol. The molecule has 1 N–H and O–H groups in total. The predicted octanol–water partition coefficient (Wildman–Crippen LogP) is 2.64. The largest absolute Gasteiger partial charge is 0.315 e. The van der Waals surface area contributed by atoms with Crippen molar-refractivity contribution < 1.29 is 0 Å². The Balaban J connectivity index is 1.83. The van der Waals surface area contributed by atoms with Crippen LogP contribution in [0.15, 0.2) is 0 Å². The van der Waals surface area contributed by atoms with Gasteiger partial charge in [-0.3, -0.25) is 4.90 Å². The fourth-order valence-electron chi connectivity index (χ4n) is 3.19. The second kappa shape index (κ2) is 6.02. The molecular weight excluding hydrogens is 196 g/mol. The third kappa shape index (κ3) is 3.21. The minimum Gasteiger partial charge on any atom is -0.315 e. The maximum atomic E-state index is 3.53. The summed E-state index contributed by atoms with van der Waals surface area (Å²) < 4.78 is 0. The van der Waals surface area contributed by atoms with E-state index in [4.69, 9.17) is 0 Å². The Kier molecular flexibility index (Phi) is 4.66. The molecule has 0 aromatic rings. The van der Waals surface area contributed by atoms with Gasteiger partial charge in [-0.2, -0.15) is 0 Å². The third-order valence-corrected chi connectivity index (χ3v) is 4.36. The first-order valence-electron chi connectivity index (χ1n) is 7.26. The maximum absolute atomic E-state index is 3.53. The van der Waals surface area contributed by atoms with E-state index in [9.17, 15) is 0 Å². The maximum Gasteiger partial charge on any atom is 0.0220 e. The van der Waals surface area contributed by atoms with Crippen molar-refractivity contribution in [2.45, 2.75) is 64.0 Å². The van der Waals surface area contributed by atoms with Gasteiger partial charge in [-0.05, 0) is 51.6 Å². The third-order valence-electron chi connectivity index (χ3n) is 4.36. The van der Waals surface area contributed by atoms with Crippen LogP contribution in [0.5, 0.6) is 0 Å². The Labute approximate surface area is 101 Å². The monoisotopic (exact) mass is 224 g/mol. The lowest BCUT2D eigenvalue weighted by molar-refractivity contribution is 0.122. The molecule has 2 fully saturated rings. The van der Waals surface area contributed by atoms with E-state index in [2.05, 4.69) is 24.2 Å². The SMILES string of the molecule is CCCC1CCCCN1CC(NC)C1CC1. The highest BCUT2D eigenvalue weighted by atomic mass is 15.2. The molecule has 1 saturated heterocycles. The fraction of sp³-hybridized carbons (Fsp3) is 1.00. The van der Waals surface area contributed by atoms with Crippen molar-refractivity contribution >= 4 is 0 Å². The second-order valence-corrected chi connectivity index (χ2v) is 5.67. The summed E-state index contributed by atoms with van der Waals surface area (Å²) >= 11 is 0. The van der Waals surface area contributed by atoms with Crippen LogP contribution in [-0.4, -0.2) is 37.1 Å². The van der Waals surface area contributed by atoms with Gasteiger partial charge in [0.05, 0.1) is 0 Å². The summed E-state index contributed by atoms with van der Waals surface area (Å²) in [6.07, 6.45) is 9.97. The zero-order chi connectivity index (χ0) is 11.4. The molecule has 2 aliphatic rings. The number of likely N-dealkylation sites (N-methyl/N-ethyl adjacent to an activating group) is 1. The molecule has 1 heterocycles. The first kappa shape index (κ1) is 12.4. The molecular formula is C14H28N2. The van der Waals surface area contributed by atoms with Crippen molar-refractivity contribution in [2.24, 2.45) is 5.92 Å². The molecule has 2 unspecified atom stereocenters. The van der Waals surface area contributed by atoms with Crippen LogP contribution >= 0.6 is 0 Å². The highest BCUT2D eigenvalue weighted by Crippen LogP contribution is 2.33. The van der Waals surface area contributed by atoms with Crippen molar-refractivity contribution in [2.75, 3.05) is 20.1 Å². The molecule has 2 atom stereocenters. The average Bonchev–Trinajstić information content (AvgIpc) is 3.12. The van der Waals surface area contributed by atoms with Gasteiger partial charge in [-0.15, -0.1) is 0 Å². The average molecular weight is 224 g/mol. The Morgan fingerprint density at radius 2 is 2.06 bits per heavy atom. The quantitative estimate of drug-likeness (QED) is 0.746. The van der Waals surface area contributed by atoms with Crippen molar-refractivity contribution in [3.8, 4) is 0 Å². The van der Waals surface area contributed by atoms with Crippen LogP contribution in [0.2, 0.25) is 0 Å². The topological polar surface area (TPSA) is 15.3 Å². The van der Waals surface area contributed by atoms with Crippen LogP contribution in [0.25, 0.3) is 0 Å². The van der Waals surface area contributed by atoms with E-state index < -0.39 is 0 Å². The number of rotatable bonds is 6. The molecule has 0 bridgehead atoms. The molecule has 2 heteroatoms. The fourth-order valence-corrected chi connectivity index (χ4v) is 3.19. The lowest BCUT2D eigenvalue weighted by atomic mass is 9.97. The number of nitrogens with one attached hydrogen (secondary N) is 1. The van der Waals surface area contributed by atoms with Crippen LogP contribution < -0.4 is 5.32 Å². The molecule has 1 aliphatic carbocycles. The highest BCUT2D eigenvalue weighted by molar-refractivity contribution is 4.89. The Bertz CT molecular complexity index is 199. The number of nitrogens with zero attached hydrogens (tertiary/aromatic N) is 1. The molecule has 0 spiro atoms. The van der Waals surface area contributed by atoms with E-state index in [1.807, 2.05) is 0 Å². The van der Waals surface area contributed by atoms with E-state index in [0.717, 1.165) is 18.0 Å². The van der Waals surface area contributed by atoms with Crippen LogP contribution in [0.1, 0.15) is 51.9 Å². The van der Waals surface area contributed by atoms with Gasteiger partial charge in [-0.1, -0.05) is 19.8 Å². The van der Waals surface area contributed by atoms with E-state index in [-0.39, 0.29) is 0 Å². The molecule has 1 aliphatic heterocycles. The van der Waals surface area contributed by atoms with Gasteiger partial charge >= 0.3 is 0 Å². The zero-order valence-electron chi connectivity index (χ0n) is 11.0. The minimum absolute atomic E-state index is 0.762. The summed E-state index contributed by atoms with van der Waals surface area (Å²) in [4.78, 5) is 2.77. The molecule has 2 nitrogen and oxygen atoms in total. The second-order valence-electron chi connectivity index (χ2n) is 5.67. The molecule has 94 valence electrons. The molecule has 0 aromatic carbocycles. The number of hydrogen-bond acceptors (Lipinski definition) is 2. The smallest absolute Gasteiger partial charge is 0.0220 e. The number of likely N-dealkylation sites (tertiary alicyclic amines) is 1. The van der Waals surface area contributed by atoms with Gasteiger partial charge in [0.1, 0.15) is 0 Å². The lowest BCUT2D eigenvalue weighted by Gasteiger charge is -2.38. The van der Waals surface area contributed by atoms with E-state index >= 15 is 0 Å². The first-order valence-corrected chi connectivity index (χ1v) is 7.26. The van der Waals surface area contributed by atoms with Gasteiger partial charge in [0.15, 0.2) is 0 Å². The van der Waals surface area contributed by atoms with Crippen molar-refractivity contribution in [3.63, 3.8) is 0 Å². The summed E-state index contributed by atoms with van der Waals surface area (Å²) in [6.45, 7) is 4.96. The molecule has 2 rings (SSSR count). The molecule has 16 heavy (non-hydrogen) atoms. The van der Waals surface area contributed by atoms with E-state index in [1.54, 1.807) is 0 Å². The van der Waals surface area contributed by atoms with Gasteiger partial charge in [0.25, 0.3) is 0 Å². The van der Waals surface area contributed by atoms with Gasteiger partial charge < -0.3 is 5.32 Å². The highest BCUT2D eigenvalue weighted by Gasteiger charge is 2.33. The van der Waals surface area contributed by atoms with Crippen molar-refractivity contribution in [1.82, 2.24) is 10.2 Å². The van der Waals surface area contributed by atoms with Gasteiger partial charge in [0.2, 0.25) is 0 Å². The summed E-state index contributed by atoms with van der Waals surface area (Å²) in [5.41, 5.74) is 0. The number of piperidine rings is 1. The molecule has 0 amide bonds. The normalized spacial score (nSPS) is 29.2. The van der Waals surface area contributed by atoms with E-state index in [1.165, 1.54) is 58.0 Å². The molecule has 0 aromatic heterocycles. The van der Waals surface area contributed by atoms with Crippen LogP contribution in [0.4, 0.5) is 0 Å². The van der Waals surface area contributed by atoms with Crippen molar-refractivity contribution in [1.29, 1.82) is 0 Å². The Morgan fingerprint density at radius 3 is 2.69 bits per heavy atom. The Hall–Kier alpha value is -0.0800. The van der Waals surface area contributed by atoms with E-state index in [0.29, 0.717) is 0 Å². The number of hydrogen-bond donors (Lipinski definition) is 1. The summed E-state index contributed by atoms with van der Waals surface area (Å²) in [6, 6.07) is 1.64. The minimum atomic E-state index is 0.762. The van der Waals surface area contributed by atoms with Gasteiger partial charge in [-0.25, -0.2) is 0 Å². The molecule has 0 radical (unpaired) electrons. The first-order chi connectivity index (χ1) is 7.85. The van der Waals surface area contributed by atoms with Crippen LogP contribution in [-0.2, 0) is 0 Å². The Morgan fingerprint density at radius 1 is 1.25 bits per heavy atom.